The van der Waals surface area contributed by atoms with E-state index in [1.165, 1.54) is 14.2 Å². The number of amides is 1. The minimum atomic E-state index is -1.56. The van der Waals surface area contributed by atoms with Crippen molar-refractivity contribution in [2.24, 2.45) is 0 Å². The fourth-order valence-corrected chi connectivity index (χ4v) is 5.96. The molecule has 0 saturated carbocycles. The van der Waals surface area contributed by atoms with Gasteiger partial charge in [-0.3, -0.25) is 4.79 Å². The van der Waals surface area contributed by atoms with Gasteiger partial charge in [0.2, 0.25) is 12.0 Å². The highest BCUT2D eigenvalue weighted by atomic mass is 16.5. The van der Waals surface area contributed by atoms with Gasteiger partial charge in [-0.1, -0.05) is 54.6 Å². The number of carboxylic acid groups (broad SMARTS) is 1. The van der Waals surface area contributed by atoms with Gasteiger partial charge in [0.1, 0.15) is 34.3 Å². The summed E-state index contributed by atoms with van der Waals surface area (Å²) in [4.78, 5) is 29.6. The van der Waals surface area contributed by atoms with Crippen LogP contribution in [0.2, 0.25) is 0 Å². The lowest BCUT2D eigenvalue weighted by Crippen LogP contribution is -2.64. The third-order valence-electron chi connectivity index (χ3n) is 7.92. The van der Waals surface area contributed by atoms with Gasteiger partial charge < -0.3 is 33.7 Å². The van der Waals surface area contributed by atoms with Crippen molar-refractivity contribution in [1.82, 2.24) is 4.90 Å². The number of carbonyl (C=O) groups is 2. The molecule has 1 heterocycles. The molecule has 2 atom stereocenters. The standard InChI is InChI=1S/C35H35NO8/c1-40-26-16-23(17-27(19-26)41-2)18-32(37)36-15-14-24-10-8-9-13-31(24)35(36,25-11-6-5-7-12-25)33(34(38)39)44-30-21-28(42-3)20-29(22-30)43-4/h5-13,16-17,19-22,33H,14-15,18H2,1-4H3,(H,38,39). The van der Waals surface area contributed by atoms with E-state index in [2.05, 4.69) is 0 Å². The van der Waals surface area contributed by atoms with E-state index in [1.54, 1.807) is 55.5 Å². The number of hydrogen-bond donors (Lipinski definition) is 1. The molecule has 228 valence electrons. The van der Waals surface area contributed by atoms with Crippen LogP contribution in [-0.2, 0) is 28.0 Å². The van der Waals surface area contributed by atoms with Crippen molar-refractivity contribution < 1.29 is 38.4 Å². The summed E-state index contributed by atoms with van der Waals surface area (Å²) in [6.45, 7) is 0.264. The molecule has 5 rings (SSSR count). The summed E-state index contributed by atoms with van der Waals surface area (Å²) in [5, 5.41) is 11.0. The third kappa shape index (κ3) is 5.73. The number of fused-ring (bicyclic) bond motifs is 1. The van der Waals surface area contributed by atoms with Crippen LogP contribution in [0.25, 0.3) is 0 Å². The molecule has 1 aliphatic rings. The average molecular weight is 598 g/mol. The second-order valence-corrected chi connectivity index (χ2v) is 10.4. The fourth-order valence-electron chi connectivity index (χ4n) is 5.96. The van der Waals surface area contributed by atoms with Gasteiger partial charge in [-0.15, -0.1) is 0 Å². The first-order valence-corrected chi connectivity index (χ1v) is 14.1. The van der Waals surface area contributed by atoms with Crippen molar-refractivity contribution in [3.05, 3.63) is 113 Å². The van der Waals surface area contributed by atoms with Crippen molar-refractivity contribution in [2.45, 2.75) is 24.5 Å². The van der Waals surface area contributed by atoms with E-state index in [0.29, 0.717) is 46.1 Å². The Labute approximate surface area is 256 Å². The Kier molecular flexibility index (Phi) is 8.94. The molecule has 1 amide bonds. The molecule has 1 N–H and O–H groups in total. The van der Waals surface area contributed by atoms with Crippen LogP contribution in [0.1, 0.15) is 22.3 Å². The van der Waals surface area contributed by atoms with Crippen LogP contribution in [0.15, 0.2) is 91.0 Å². The zero-order valence-electron chi connectivity index (χ0n) is 25.1. The van der Waals surface area contributed by atoms with Gasteiger partial charge in [0.05, 0.1) is 34.9 Å². The van der Waals surface area contributed by atoms with E-state index >= 15 is 0 Å². The summed E-state index contributed by atoms with van der Waals surface area (Å²) in [6, 6.07) is 26.9. The molecule has 44 heavy (non-hydrogen) atoms. The highest BCUT2D eigenvalue weighted by molar-refractivity contribution is 5.85. The molecule has 1 aliphatic heterocycles. The normalized spacial score (nSPS) is 16.3. The van der Waals surface area contributed by atoms with E-state index in [1.807, 2.05) is 54.6 Å². The van der Waals surface area contributed by atoms with Crippen molar-refractivity contribution in [3.63, 3.8) is 0 Å². The second kappa shape index (κ2) is 13.0. The summed E-state index contributed by atoms with van der Waals surface area (Å²) in [7, 11) is 6.10. The van der Waals surface area contributed by atoms with Crippen molar-refractivity contribution in [3.8, 4) is 28.7 Å². The van der Waals surface area contributed by atoms with Gasteiger partial charge in [-0.05, 0) is 40.8 Å². The Hall–Kier alpha value is -5.18. The summed E-state index contributed by atoms with van der Waals surface area (Å²) in [5.74, 6) is 0.651. The number of ether oxygens (including phenoxy) is 5. The number of carboxylic acids is 1. The van der Waals surface area contributed by atoms with Gasteiger partial charge in [-0.25, -0.2) is 4.79 Å². The summed E-state index contributed by atoms with van der Waals surface area (Å²) in [5.41, 5.74) is 1.33. The number of benzene rings is 4. The highest BCUT2D eigenvalue weighted by Gasteiger charge is 2.56. The molecule has 9 heteroatoms. The largest absolute Gasteiger partial charge is 0.497 e. The minimum absolute atomic E-state index is 0.0242. The number of aliphatic carboxylic acids is 1. The van der Waals surface area contributed by atoms with Gasteiger partial charge >= 0.3 is 5.97 Å². The lowest BCUT2D eigenvalue weighted by atomic mass is 9.71. The van der Waals surface area contributed by atoms with Gasteiger partial charge in [-0.2, -0.15) is 0 Å². The molecule has 0 aromatic heterocycles. The summed E-state index contributed by atoms with van der Waals surface area (Å²) >= 11 is 0. The molecule has 4 aromatic carbocycles. The molecule has 0 radical (unpaired) electrons. The lowest BCUT2D eigenvalue weighted by Gasteiger charge is -2.51. The van der Waals surface area contributed by atoms with E-state index in [9.17, 15) is 14.7 Å². The Morgan fingerprint density at radius 3 is 1.84 bits per heavy atom. The first-order chi connectivity index (χ1) is 21.3. The van der Waals surface area contributed by atoms with Gasteiger partial charge in [0.15, 0.2) is 0 Å². The Bertz CT molecular complexity index is 1590. The van der Waals surface area contributed by atoms with Crippen LogP contribution >= 0.6 is 0 Å². The predicted molar refractivity (Wildman–Crippen MR) is 164 cm³/mol. The van der Waals surface area contributed by atoms with Gasteiger partial charge in [0.25, 0.3) is 0 Å². The number of carbonyl (C=O) groups excluding carboxylic acids is 1. The van der Waals surface area contributed by atoms with Crippen molar-refractivity contribution in [1.29, 1.82) is 0 Å². The van der Waals surface area contributed by atoms with Crippen LogP contribution in [0.5, 0.6) is 28.7 Å². The van der Waals surface area contributed by atoms with Crippen molar-refractivity contribution in [2.75, 3.05) is 35.0 Å². The quantitative estimate of drug-likeness (QED) is 0.254. The monoisotopic (exact) mass is 597 g/mol. The maximum absolute atomic E-state index is 14.5. The molecule has 0 spiro atoms. The predicted octanol–water partition coefficient (Wildman–Crippen LogP) is 5.12. The Morgan fingerprint density at radius 1 is 0.750 bits per heavy atom. The maximum atomic E-state index is 14.5. The third-order valence-corrected chi connectivity index (χ3v) is 7.92. The molecule has 0 fully saturated rings. The van der Waals surface area contributed by atoms with Crippen LogP contribution in [-0.4, -0.2) is 63.0 Å². The minimum Gasteiger partial charge on any atom is -0.497 e. The lowest BCUT2D eigenvalue weighted by molar-refractivity contribution is -0.157. The number of rotatable bonds is 11. The number of methoxy groups -OCH3 is 4. The Balaban J connectivity index is 1.72. The molecule has 9 nitrogen and oxygen atoms in total. The van der Waals surface area contributed by atoms with E-state index in [-0.39, 0.29) is 24.6 Å². The maximum Gasteiger partial charge on any atom is 0.348 e. The van der Waals surface area contributed by atoms with Crippen LogP contribution in [0, 0.1) is 0 Å². The SMILES string of the molecule is COc1cc(CC(=O)N2CCc3ccccc3C2(c2ccccc2)C(Oc2cc(OC)cc(OC)c2)C(=O)O)cc(OC)c1. The highest BCUT2D eigenvalue weighted by Crippen LogP contribution is 2.46. The molecule has 0 saturated heterocycles. The average Bonchev–Trinajstić information content (AvgIpc) is 3.06. The summed E-state index contributed by atoms with van der Waals surface area (Å²) in [6.07, 6.45) is -1.05. The molecular weight excluding hydrogens is 562 g/mol. The second-order valence-electron chi connectivity index (χ2n) is 10.4. The van der Waals surface area contributed by atoms with E-state index in [4.69, 9.17) is 23.7 Å². The first kappa shape index (κ1) is 30.3. The summed E-state index contributed by atoms with van der Waals surface area (Å²) < 4.78 is 28.1. The zero-order valence-corrected chi connectivity index (χ0v) is 25.1. The molecular formula is C35H35NO8. The first-order valence-electron chi connectivity index (χ1n) is 14.1. The number of hydrogen-bond acceptors (Lipinski definition) is 7. The van der Waals surface area contributed by atoms with E-state index in [0.717, 1.165) is 5.56 Å². The van der Waals surface area contributed by atoms with Crippen molar-refractivity contribution >= 4 is 11.9 Å². The molecule has 0 aliphatic carbocycles. The van der Waals surface area contributed by atoms with E-state index < -0.39 is 17.6 Å². The fraction of sp³-hybridized carbons (Fsp3) is 0.257. The van der Waals surface area contributed by atoms with Crippen LogP contribution in [0.3, 0.4) is 0 Å². The molecule has 0 bridgehead atoms. The topological polar surface area (TPSA) is 104 Å². The Morgan fingerprint density at radius 2 is 1.27 bits per heavy atom. The van der Waals surface area contributed by atoms with Crippen LogP contribution < -0.4 is 23.7 Å². The molecule has 2 unspecified atom stereocenters. The smallest absolute Gasteiger partial charge is 0.348 e. The zero-order chi connectivity index (χ0) is 31.3. The van der Waals surface area contributed by atoms with Crippen LogP contribution in [0.4, 0.5) is 0 Å². The molecule has 4 aromatic rings. The number of nitrogens with zero attached hydrogens (tertiary/aromatic N) is 1. The van der Waals surface area contributed by atoms with Gasteiger partial charge in [0, 0.05) is 30.8 Å².